The lowest BCUT2D eigenvalue weighted by molar-refractivity contribution is -0.103. The molecule has 2 aliphatic rings. The zero-order valence-electron chi connectivity index (χ0n) is 26.1. The van der Waals surface area contributed by atoms with E-state index in [1.54, 1.807) is 14.2 Å². The van der Waals surface area contributed by atoms with E-state index in [0.29, 0.717) is 12.0 Å². The number of methoxy groups -OCH3 is 2. The molecule has 0 amide bonds. The number of aromatic nitrogens is 1. The summed E-state index contributed by atoms with van der Waals surface area (Å²) in [6.45, 7) is 20.0. The highest BCUT2D eigenvalue weighted by molar-refractivity contribution is 5.93. The van der Waals surface area contributed by atoms with Gasteiger partial charge < -0.3 is 19.4 Å². The monoisotopic (exact) mass is 546 g/mol. The van der Waals surface area contributed by atoms with Gasteiger partial charge in [-0.15, -0.1) is 0 Å². The average molecular weight is 547 g/mol. The SMILES string of the molecule is COc1ccc(-c2[nH]c3ccc(N4CCC(NN5CCC(C)C(C)(C)C5(C)C)CC4)cc3c2C(C)C)cc1OC. The third kappa shape index (κ3) is 4.98. The van der Waals surface area contributed by atoms with Crippen LogP contribution in [0.25, 0.3) is 22.2 Å². The van der Waals surface area contributed by atoms with Crippen LogP contribution >= 0.6 is 0 Å². The molecule has 0 bridgehead atoms. The number of H-pyrrole nitrogens is 1. The Kier molecular flexibility index (Phi) is 7.88. The van der Waals surface area contributed by atoms with Crippen molar-refractivity contribution >= 4 is 16.6 Å². The lowest BCUT2D eigenvalue weighted by Gasteiger charge is -2.57. The van der Waals surface area contributed by atoms with Crippen LogP contribution in [0.4, 0.5) is 5.69 Å². The molecule has 6 nitrogen and oxygen atoms in total. The highest BCUT2D eigenvalue weighted by Crippen LogP contribution is 2.46. The summed E-state index contributed by atoms with van der Waals surface area (Å²) in [5.74, 6) is 2.60. The summed E-state index contributed by atoms with van der Waals surface area (Å²) >= 11 is 0. The van der Waals surface area contributed by atoms with Gasteiger partial charge in [-0.2, -0.15) is 0 Å². The predicted molar refractivity (Wildman–Crippen MR) is 168 cm³/mol. The van der Waals surface area contributed by atoms with E-state index in [4.69, 9.17) is 9.47 Å². The number of piperidine rings is 2. The van der Waals surface area contributed by atoms with Crippen LogP contribution in [-0.2, 0) is 0 Å². The fraction of sp³-hybridized carbons (Fsp3) is 0.588. The smallest absolute Gasteiger partial charge is 0.161 e. The molecule has 0 aliphatic carbocycles. The van der Waals surface area contributed by atoms with Crippen molar-refractivity contribution in [1.29, 1.82) is 0 Å². The summed E-state index contributed by atoms with van der Waals surface area (Å²) in [5, 5.41) is 3.87. The van der Waals surface area contributed by atoms with Crippen LogP contribution < -0.4 is 19.8 Å². The zero-order chi connectivity index (χ0) is 28.8. The van der Waals surface area contributed by atoms with Gasteiger partial charge in [0.1, 0.15) is 0 Å². The molecule has 0 radical (unpaired) electrons. The number of anilines is 1. The first kappa shape index (κ1) is 28.8. The Bertz CT molecular complexity index is 1330. The molecule has 3 heterocycles. The van der Waals surface area contributed by atoms with E-state index in [0.717, 1.165) is 61.2 Å². The van der Waals surface area contributed by atoms with Gasteiger partial charge in [0.15, 0.2) is 11.5 Å². The lowest BCUT2D eigenvalue weighted by atomic mass is 9.63. The maximum absolute atomic E-state index is 5.60. The van der Waals surface area contributed by atoms with Crippen LogP contribution in [-0.4, -0.2) is 55.4 Å². The molecule has 40 heavy (non-hydrogen) atoms. The van der Waals surface area contributed by atoms with E-state index in [-0.39, 0.29) is 11.0 Å². The Hall–Kier alpha value is -2.70. The van der Waals surface area contributed by atoms with Crippen LogP contribution in [0, 0.1) is 11.3 Å². The molecule has 0 saturated carbocycles. The van der Waals surface area contributed by atoms with Gasteiger partial charge in [-0.1, -0.05) is 34.6 Å². The number of ether oxygens (including phenoxy) is 2. The number of fused-ring (bicyclic) bond motifs is 1. The first-order valence-electron chi connectivity index (χ1n) is 15.1. The van der Waals surface area contributed by atoms with Crippen LogP contribution in [0.5, 0.6) is 11.5 Å². The van der Waals surface area contributed by atoms with Crippen LogP contribution in [0.2, 0.25) is 0 Å². The highest BCUT2D eigenvalue weighted by Gasteiger charge is 2.48. The molecule has 2 aromatic carbocycles. The summed E-state index contributed by atoms with van der Waals surface area (Å²) in [7, 11) is 3.37. The minimum Gasteiger partial charge on any atom is -0.493 e. The van der Waals surface area contributed by atoms with Gasteiger partial charge in [0, 0.05) is 53.4 Å². The van der Waals surface area contributed by atoms with Gasteiger partial charge in [0.2, 0.25) is 0 Å². The molecule has 2 fully saturated rings. The molecule has 2 aliphatic heterocycles. The Labute approximate surface area is 241 Å². The van der Waals surface area contributed by atoms with Crippen molar-refractivity contribution in [2.24, 2.45) is 11.3 Å². The van der Waals surface area contributed by atoms with Gasteiger partial charge >= 0.3 is 0 Å². The van der Waals surface area contributed by atoms with Gasteiger partial charge in [-0.3, -0.25) is 5.43 Å². The minimum atomic E-state index is 0.125. The van der Waals surface area contributed by atoms with Crippen molar-refractivity contribution in [3.05, 3.63) is 42.0 Å². The fourth-order valence-electron chi connectivity index (χ4n) is 6.84. The van der Waals surface area contributed by atoms with E-state index in [9.17, 15) is 0 Å². The molecule has 0 spiro atoms. The quantitative estimate of drug-likeness (QED) is 0.320. The van der Waals surface area contributed by atoms with Gasteiger partial charge in [0.25, 0.3) is 0 Å². The van der Waals surface area contributed by atoms with Crippen molar-refractivity contribution in [2.75, 3.05) is 38.8 Å². The first-order valence-corrected chi connectivity index (χ1v) is 15.1. The molecule has 5 rings (SSSR count). The number of aromatic amines is 1. The molecule has 3 aromatic rings. The first-order chi connectivity index (χ1) is 19.0. The summed E-state index contributed by atoms with van der Waals surface area (Å²) in [6.07, 6.45) is 3.56. The fourth-order valence-corrected chi connectivity index (χ4v) is 6.84. The summed E-state index contributed by atoms with van der Waals surface area (Å²) in [5.41, 5.74) is 10.5. The second-order valence-electron chi connectivity index (χ2n) is 13.4. The summed E-state index contributed by atoms with van der Waals surface area (Å²) < 4.78 is 11.1. The third-order valence-electron chi connectivity index (χ3n) is 10.5. The van der Waals surface area contributed by atoms with Crippen LogP contribution in [0.3, 0.4) is 0 Å². The molecule has 6 heteroatoms. The number of hydrogen-bond donors (Lipinski definition) is 2. The number of hydrogen-bond acceptors (Lipinski definition) is 5. The second-order valence-corrected chi connectivity index (χ2v) is 13.4. The number of benzene rings is 2. The van der Waals surface area contributed by atoms with Crippen molar-refractivity contribution < 1.29 is 9.47 Å². The van der Waals surface area contributed by atoms with Gasteiger partial charge in [-0.05, 0) is 92.3 Å². The van der Waals surface area contributed by atoms with Crippen LogP contribution in [0.1, 0.15) is 79.2 Å². The Morgan fingerprint density at radius 3 is 2.25 bits per heavy atom. The normalized spacial score (nSPS) is 21.8. The maximum Gasteiger partial charge on any atom is 0.161 e. The molecule has 1 unspecified atom stereocenters. The largest absolute Gasteiger partial charge is 0.493 e. The number of rotatable bonds is 7. The highest BCUT2D eigenvalue weighted by atomic mass is 16.5. The van der Waals surface area contributed by atoms with Crippen molar-refractivity contribution in [3.8, 4) is 22.8 Å². The van der Waals surface area contributed by atoms with Gasteiger partial charge in [-0.25, -0.2) is 5.01 Å². The number of nitrogens with zero attached hydrogens (tertiary/aromatic N) is 2. The average Bonchev–Trinajstić information content (AvgIpc) is 3.33. The van der Waals surface area contributed by atoms with Crippen molar-refractivity contribution in [1.82, 2.24) is 15.4 Å². The topological polar surface area (TPSA) is 52.8 Å². The Balaban J connectivity index is 1.34. The van der Waals surface area contributed by atoms with Crippen molar-refractivity contribution in [2.45, 2.75) is 85.2 Å². The molecular formula is C34H50N4O2. The summed E-state index contributed by atoms with van der Waals surface area (Å²) in [4.78, 5) is 6.29. The standard InChI is InChI=1S/C34H50N4O2/c1-22(2)31-27-21-26(11-12-28(27)35-32(31)24-10-13-29(39-8)30(20-24)40-9)37-17-15-25(16-18-37)36-38-19-14-23(3)33(4,5)34(38,6)7/h10-13,20-23,25,35-36H,14-19H2,1-9H3. The van der Waals surface area contributed by atoms with Gasteiger partial charge in [0.05, 0.1) is 19.9 Å². The Morgan fingerprint density at radius 2 is 1.60 bits per heavy atom. The predicted octanol–water partition coefficient (Wildman–Crippen LogP) is 7.60. The molecule has 2 N–H and O–H groups in total. The third-order valence-corrected chi connectivity index (χ3v) is 10.5. The molecule has 2 saturated heterocycles. The van der Waals surface area contributed by atoms with E-state index in [1.807, 2.05) is 6.07 Å². The summed E-state index contributed by atoms with van der Waals surface area (Å²) in [6, 6.07) is 13.6. The van der Waals surface area contributed by atoms with E-state index in [1.165, 1.54) is 28.6 Å². The maximum atomic E-state index is 5.60. The lowest BCUT2D eigenvalue weighted by Crippen LogP contribution is -2.66. The number of hydrazine groups is 1. The Morgan fingerprint density at radius 1 is 0.900 bits per heavy atom. The van der Waals surface area contributed by atoms with Crippen LogP contribution in [0.15, 0.2) is 36.4 Å². The minimum absolute atomic E-state index is 0.125. The van der Waals surface area contributed by atoms with E-state index in [2.05, 4.69) is 99.1 Å². The zero-order valence-corrected chi connectivity index (χ0v) is 26.1. The van der Waals surface area contributed by atoms with E-state index >= 15 is 0 Å². The molecule has 218 valence electrons. The second kappa shape index (κ2) is 10.9. The van der Waals surface area contributed by atoms with Crippen molar-refractivity contribution in [3.63, 3.8) is 0 Å². The molecular weight excluding hydrogens is 496 g/mol. The van der Waals surface area contributed by atoms with E-state index < -0.39 is 0 Å². The number of nitrogens with one attached hydrogen (secondary N) is 2. The molecule has 1 aromatic heterocycles. The molecule has 1 atom stereocenters.